The van der Waals surface area contributed by atoms with E-state index in [4.69, 9.17) is 9.47 Å². The summed E-state index contributed by atoms with van der Waals surface area (Å²) in [7, 11) is -0.859. The van der Waals surface area contributed by atoms with E-state index in [9.17, 15) is 8.42 Å². The lowest BCUT2D eigenvalue weighted by molar-refractivity contribution is 0.296. The van der Waals surface area contributed by atoms with Crippen molar-refractivity contribution < 1.29 is 17.9 Å². The Hall–Kier alpha value is -2.77. The highest BCUT2D eigenvalue weighted by Gasteiger charge is 2.39. The number of sulfonamides is 1. The smallest absolute Gasteiger partial charge is 0.247 e. The fraction of sp³-hybridized carbons (Fsp3) is 0.238. The monoisotopic (exact) mass is 398 g/mol. The van der Waals surface area contributed by atoms with E-state index < -0.39 is 16.1 Å². The van der Waals surface area contributed by atoms with E-state index in [1.807, 2.05) is 48.7 Å². The van der Waals surface area contributed by atoms with Crippen LogP contribution in [0.3, 0.4) is 0 Å². The minimum Gasteiger partial charge on any atom is -0.497 e. The molecule has 0 fully saturated rings. The summed E-state index contributed by atoms with van der Waals surface area (Å²) < 4.78 is 41.7. The average Bonchev–Trinajstić information content (AvgIpc) is 3.22. The van der Waals surface area contributed by atoms with E-state index in [0.29, 0.717) is 24.6 Å². The van der Waals surface area contributed by atoms with Gasteiger partial charge in [-0.15, -0.1) is 0 Å². The summed E-state index contributed by atoms with van der Waals surface area (Å²) in [5.41, 5.74) is 1.87. The Morgan fingerprint density at radius 3 is 2.43 bits per heavy atom. The molecule has 0 saturated carbocycles. The van der Waals surface area contributed by atoms with Gasteiger partial charge in [0.05, 0.1) is 20.3 Å². The highest BCUT2D eigenvalue weighted by molar-refractivity contribution is 7.89. The summed E-state index contributed by atoms with van der Waals surface area (Å²) in [6.07, 6.45) is 1.99. The van der Waals surface area contributed by atoms with Crippen LogP contribution in [0.2, 0.25) is 0 Å². The van der Waals surface area contributed by atoms with Gasteiger partial charge in [-0.1, -0.05) is 30.3 Å². The number of hydrogen-bond donors (Lipinski definition) is 0. The van der Waals surface area contributed by atoms with Crippen molar-refractivity contribution in [1.29, 1.82) is 0 Å². The van der Waals surface area contributed by atoms with Crippen molar-refractivity contribution in [3.8, 4) is 11.5 Å². The number of aromatic nitrogens is 1. The molecule has 4 rings (SSSR count). The molecule has 2 heterocycles. The minimum atomic E-state index is -3.84. The zero-order valence-corrected chi connectivity index (χ0v) is 16.6. The van der Waals surface area contributed by atoms with Crippen molar-refractivity contribution in [2.24, 2.45) is 0 Å². The van der Waals surface area contributed by atoms with Crippen LogP contribution in [0.15, 0.2) is 71.8 Å². The average molecular weight is 398 g/mol. The Balaban J connectivity index is 1.87. The number of nitrogens with zero attached hydrogens (tertiary/aromatic N) is 2. The van der Waals surface area contributed by atoms with Crippen molar-refractivity contribution in [3.63, 3.8) is 0 Å². The van der Waals surface area contributed by atoms with Gasteiger partial charge in [0.15, 0.2) is 0 Å². The molecule has 1 unspecified atom stereocenters. The van der Waals surface area contributed by atoms with Crippen LogP contribution < -0.4 is 9.47 Å². The maximum Gasteiger partial charge on any atom is 0.247 e. The topological polar surface area (TPSA) is 60.8 Å². The van der Waals surface area contributed by atoms with Crippen LogP contribution in [-0.4, -0.2) is 38.1 Å². The SMILES string of the molecule is COc1ccc(OC)c(S(=O)(=O)N2CCn3cccc3C2c2ccccc2)c1. The Labute approximate surface area is 165 Å². The van der Waals surface area contributed by atoms with Gasteiger partial charge in [0.25, 0.3) is 0 Å². The minimum absolute atomic E-state index is 0.107. The maximum atomic E-state index is 13.7. The molecule has 0 saturated heterocycles. The van der Waals surface area contributed by atoms with Crippen LogP contribution in [0.5, 0.6) is 11.5 Å². The number of hydrogen-bond acceptors (Lipinski definition) is 4. The molecule has 0 aliphatic carbocycles. The zero-order chi connectivity index (χ0) is 19.7. The highest BCUT2D eigenvalue weighted by Crippen LogP contribution is 2.39. The van der Waals surface area contributed by atoms with E-state index >= 15 is 0 Å². The van der Waals surface area contributed by atoms with Crippen molar-refractivity contribution in [1.82, 2.24) is 8.87 Å². The van der Waals surface area contributed by atoms with Crippen molar-refractivity contribution in [2.75, 3.05) is 20.8 Å². The van der Waals surface area contributed by atoms with Gasteiger partial charge < -0.3 is 14.0 Å². The Morgan fingerprint density at radius 1 is 0.929 bits per heavy atom. The molecule has 3 aromatic rings. The molecule has 28 heavy (non-hydrogen) atoms. The summed E-state index contributed by atoms with van der Waals surface area (Å²) in [5, 5.41) is 0. The lowest BCUT2D eigenvalue weighted by Gasteiger charge is -2.36. The second-order valence-corrected chi connectivity index (χ2v) is 8.43. The van der Waals surface area contributed by atoms with Gasteiger partial charge in [0.1, 0.15) is 16.4 Å². The fourth-order valence-corrected chi connectivity index (χ4v) is 5.46. The Bertz CT molecular complexity index is 1080. The molecular formula is C21H22N2O4S. The summed E-state index contributed by atoms with van der Waals surface area (Å²) in [4.78, 5) is 0.107. The van der Waals surface area contributed by atoms with Crippen LogP contribution in [0, 0.1) is 0 Å². The number of methoxy groups -OCH3 is 2. The van der Waals surface area contributed by atoms with Gasteiger partial charge in [-0.05, 0) is 29.8 Å². The van der Waals surface area contributed by atoms with Gasteiger partial charge in [-0.2, -0.15) is 4.31 Å². The largest absolute Gasteiger partial charge is 0.497 e. The van der Waals surface area contributed by atoms with Crippen LogP contribution in [0.1, 0.15) is 17.3 Å². The summed E-state index contributed by atoms with van der Waals surface area (Å²) >= 11 is 0. The maximum absolute atomic E-state index is 13.7. The Morgan fingerprint density at radius 2 is 1.71 bits per heavy atom. The summed E-state index contributed by atoms with van der Waals surface area (Å²) in [6.45, 7) is 0.959. The third kappa shape index (κ3) is 3.06. The highest BCUT2D eigenvalue weighted by atomic mass is 32.2. The standard InChI is InChI=1S/C21H22N2O4S/c1-26-17-10-11-19(27-2)20(15-17)28(24,25)23-14-13-22-12-6-9-18(22)21(23)16-7-4-3-5-8-16/h3-12,15,21H,13-14H2,1-2H3. The van der Waals surface area contributed by atoms with E-state index in [-0.39, 0.29) is 4.90 Å². The third-order valence-electron chi connectivity index (χ3n) is 5.07. The van der Waals surface area contributed by atoms with Crippen molar-refractivity contribution in [2.45, 2.75) is 17.5 Å². The first-order chi connectivity index (χ1) is 13.6. The number of ether oxygens (including phenoxy) is 2. The van der Waals surface area contributed by atoms with E-state index in [0.717, 1.165) is 11.3 Å². The first-order valence-corrected chi connectivity index (χ1v) is 10.4. The van der Waals surface area contributed by atoms with E-state index in [1.165, 1.54) is 20.3 Å². The molecule has 1 aromatic heterocycles. The quantitative estimate of drug-likeness (QED) is 0.662. The molecule has 0 bridgehead atoms. The molecule has 146 valence electrons. The van der Waals surface area contributed by atoms with Gasteiger partial charge in [-0.3, -0.25) is 0 Å². The first kappa shape index (κ1) is 18.6. The van der Waals surface area contributed by atoms with Gasteiger partial charge in [-0.25, -0.2) is 8.42 Å². The van der Waals surface area contributed by atoms with Gasteiger partial charge >= 0.3 is 0 Å². The number of rotatable bonds is 5. The van der Waals surface area contributed by atoms with Gasteiger partial charge in [0, 0.05) is 31.0 Å². The van der Waals surface area contributed by atoms with E-state index in [1.54, 1.807) is 16.4 Å². The molecular weight excluding hydrogens is 376 g/mol. The van der Waals surface area contributed by atoms with Crippen molar-refractivity contribution >= 4 is 10.0 Å². The van der Waals surface area contributed by atoms with Crippen LogP contribution in [0.4, 0.5) is 0 Å². The lowest BCUT2D eigenvalue weighted by Crippen LogP contribution is -2.42. The predicted molar refractivity (Wildman–Crippen MR) is 106 cm³/mol. The molecule has 1 aliphatic rings. The van der Waals surface area contributed by atoms with E-state index in [2.05, 4.69) is 4.57 Å². The van der Waals surface area contributed by atoms with Crippen LogP contribution in [0.25, 0.3) is 0 Å². The fourth-order valence-electron chi connectivity index (χ4n) is 3.71. The normalized spacial score (nSPS) is 17.1. The molecule has 0 spiro atoms. The molecule has 0 amide bonds. The molecule has 0 radical (unpaired) electrons. The molecule has 0 N–H and O–H groups in total. The molecule has 7 heteroatoms. The molecule has 1 aliphatic heterocycles. The number of benzene rings is 2. The lowest BCUT2D eigenvalue weighted by atomic mass is 10.0. The molecule has 1 atom stereocenters. The first-order valence-electron chi connectivity index (χ1n) is 9.00. The zero-order valence-electron chi connectivity index (χ0n) is 15.8. The number of fused-ring (bicyclic) bond motifs is 1. The molecule has 6 nitrogen and oxygen atoms in total. The summed E-state index contributed by atoms with van der Waals surface area (Å²) in [6, 6.07) is 18.0. The van der Waals surface area contributed by atoms with Crippen LogP contribution in [-0.2, 0) is 16.6 Å². The third-order valence-corrected chi connectivity index (χ3v) is 6.95. The predicted octanol–water partition coefficient (Wildman–Crippen LogP) is 3.30. The Kier molecular flexibility index (Phi) is 4.87. The second kappa shape index (κ2) is 7.33. The van der Waals surface area contributed by atoms with Crippen LogP contribution >= 0.6 is 0 Å². The van der Waals surface area contributed by atoms with Crippen molar-refractivity contribution in [3.05, 3.63) is 78.1 Å². The van der Waals surface area contributed by atoms with Gasteiger partial charge in [0.2, 0.25) is 10.0 Å². The second-order valence-electron chi connectivity index (χ2n) is 6.57. The molecule has 2 aromatic carbocycles. The summed E-state index contributed by atoms with van der Waals surface area (Å²) in [5.74, 6) is 0.768.